The van der Waals surface area contributed by atoms with E-state index in [1.165, 1.54) is 98.0 Å². The van der Waals surface area contributed by atoms with Crippen molar-refractivity contribution in [2.75, 3.05) is 9.80 Å². The Labute approximate surface area is 332 Å². The van der Waals surface area contributed by atoms with Crippen LogP contribution in [0, 0.1) is 6.92 Å². The van der Waals surface area contributed by atoms with E-state index in [1.54, 1.807) is 0 Å². The Bertz CT molecular complexity index is 3580. The second kappa shape index (κ2) is 10.6. The van der Waals surface area contributed by atoms with E-state index in [-0.39, 0.29) is 6.71 Å². The molecule has 11 aromatic rings. The molecule has 0 amide bonds. The molecule has 0 fully saturated rings. The second-order valence-corrected chi connectivity index (χ2v) is 16.8. The third kappa shape index (κ3) is 3.79. The highest BCUT2D eigenvalue weighted by atomic mass is 32.1. The molecule has 14 rings (SSSR count). The first-order chi connectivity index (χ1) is 28.2. The summed E-state index contributed by atoms with van der Waals surface area (Å²) in [7, 11) is 0. The number of rotatable bonds is 2. The molecule has 0 N–H and O–H groups in total. The Morgan fingerprint density at radius 1 is 0.509 bits per heavy atom. The highest BCUT2D eigenvalue weighted by Gasteiger charge is 2.48. The summed E-state index contributed by atoms with van der Waals surface area (Å²) in [6, 6.07) is 60.6. The molecule has 0 saturated carbocycles. The van der Waals surface area contributed by atoms with Crippen molar-refractivity contribution in [1.29, 1.82) is 0 Å². The number of hydrogen-bond acceptors (Lipinski definition) is 4. The molecule has 0 saturated heterocycles. The van der Waals surface area contributed by atoms with E-state index in [1.807, 2.05) is 11.3 Å². The van der Waals surface area contributed by atoms with Crippen molar-refractivity contribution in [1.82, 2.24) is 4.57 Å². The molecular formula is C51H30BN3OS. The maximum absolute atomic E-state index is 7.26. The maximum atomic E-state index is 7.26. The van der Waals surface area contributed by atoms with Crippen LogP contribution in [0.15, 0.2) is 168 Å². The van der Waals surface area contributed by atoms with E-state index in [4.69, 9.17) is 4.42 Å². The Balaban J connectivity index is 1.12. The fourth-order valence-corrected chi connectivity index (χ4v) is 11.5. The number of hydrogen-bond donors (Lipinski definition) is 0. The molecule has 0 aliphatic carbocycles. The molecule has 0 unspecified atom stereocenters. The molecule has 4 nitrogen and oxygen atoms in total. The Kier molecular flexibility index (Phi) is 5.64. The third-order valence-corrected chi connectivity index (χ3v) is 13.8. The number of benzene rings is 8. The van der Waals surface area contributed by atoms with E-state index in [0.29, 0.717) is 0 Å². The first-order valence-corrected chi connectivity index (χ1v) is 20.4. The Hall–Kier alpha value is -7.02. The van der Waals surface area contributed by atoms with Crippen molar-refractivity contribution in [2.24, 2.45) is 0 Å². The monoisotopic (exact) mass is 743 g/mol. The molecule has 0 bridgehead atoms. The maximum Gasteiger partial charge on any atom is 0.297 e. The molecular weight excluding hydrogens is 713 g/mol. The average Bonchev–Trinajstić information content (AvgIpc) is 3.93. The summed E-state index contributed by atoms with van der Waals surface area (Å²) in [5.74, 6) is 0. The molecule has 0 atom stereocenters. The molecule has 8 aromatic carbocycles. The molecule has 0 radical (unpaired) electrons. The van der Waals surface area contributed by atoms with Gasteiger partial charge in [-0.15, -0.1) is 11.3 Å². The summed E-state index contributed by atoms with van der Waals surface area (Å²) in [6.07, 6.45) is 0. The molecule has 3 aromatic heterocycles. The summed E-state index contributed by atoms with van der Waals surface area (Å²) < 4.78 is 12.4. The van der Waals surface area contributed by atoms with Crippen LogP contribution in [0.2, 0.25) is 0 Å². The molecule has 264 valence electrons. The zero-order chi connectivity index (χ0) is 37.1. The van der Waals surface area contributed by atoms with Crippen molar-refractivity contribution in [2.45, 2.75) is 6.92 Å². The summed E-state index contributed by atoms with van der Waals surface area (Å²) in [5.41, 5.74) is 18.8. The van der Waals surface area contributed by atoms with Crippen LogP contribution in [0.3, 0.4) is 0 Å². The van der Waals surface area contributed by atoms with Crippen LogP contribution in [0.1, 0.15) is 5.56 Å². The number of aromatic nitrogens is 1. The van der Waals surface area contributed by atoms with Gasteiger partial charge in [0.2, 0.25) is 0 Å². The smallest absolute Gasteiger partial charge is 0.297 e. The van der Waals surface area contributed by atoms with E-state index in [9.17, 15) is 0 Å². The third-order valence-electron chi connectivity index (χ3n) is 12.7. The Morgan fingerprint density at radius 3 is 2.18 bits per heavy atom. The van der Waals surface area contributed by atoms with Crippen LogP contribution in [0.4, 0.5) is 34.1 Å². The summed E-state index contributed by atoms with van der Waals surface area (Å²) >= 11 is 1.86. The number of aryl methyl sites for hydroxylation is 1. The van der Waals surface area contributed by atoms with E-state index in [0.717, 1.165) is 28.0 Å². The predicted molar refractivity (Wildman–Crippen MR) is 241 cm³/mol. The predicted octanol–water partition coefficient (Wildman–Crippen LogP) is 12.3. The van der Waals surface area contributed by atoms with Crippen molar-refractivity contribution in [3.8, 4) is 16.8 Å². The lowest BCUT2D eigenvalue weighted by molar-refractivity contribution is 0.651. The van der Waals surface area contributed by atoms with Gasteiger partial charge in [-0.1, -0.05) is 97.1 Å². The van der Waals surface area contributed by atoms with Crippen molar-refractivity contribution >= 4 is 122 Å². The molecule has 3 aliphatic heterocycles. The van der Waals surface area contributed by atoms with Crippen LogP contribution < -0.4 is 26.4 Å². The van der Waals surface area contributed by atoms with Gasteiger partial charge < -0.3 is 18.8 Å². The zero-order valence-corrected chi connectivity index (χ0v) is 31.6. The fraction of sp³-hybridized carbons (Fsp3) is 0.0196. The van der Waals surface area contributed by atoms with Gasteiger partial charge in [0.25, 0.3) is 6.71 Å². The van der Waals surface area contributed by atoms with Crippen molar-refractivity contribution in [3.05, 3.63) is 169 Å². The van der Waals surface area contributed by atoms with Gasteiger partial charge in [0.1, 0.15) is 5.58 Å². The summed E-state index contributed by atoms with van der Waals surface area (Å²) in [5, 5.41) is 6.23. The quantitative estimate of drug-likeness (QED) is 0.165. The van der Waals surface area contributed by atoms with Gasteiger partial charge in [-0.05, 0) is 101 Å². The first-order valence-electron chi connectivity index (χ1n) is 19.6. The van der Waals surface area contributed by atoms with Gasteiger partial charge in [0, 0.05) is 53.4 Å². The van der Waals surface area contributed by atoms with Gasteiger partial charge in [-0.2, -0.15) is 0 Å². The van der Waals surface area contributed by atoms with Crippen LogP contribution in [-0.2, 0) is 0 Å². The lowest BCUT2D eigenvalue weighted by Crippen LogP contribution is -2.61. The first kappa shape index (κ1) is 30.2. The molecule has 3 aliphatic rings. The standard InChI is InChI=1S/C51H30BN3OS/c1-29-25-42-47-43(26-29)55-40-18-9-15-35-33-13-5-7-17-39(33)54(48(35)40)41-19-10-16-38(50(41)55)52(47)51-49(37-27-31(21-23-44(37)56-51)30-11-3-2-4-12-30)53(42)32-22-24-46-36(28-32)34-14-6-8-20-45(34)57-46/h2-28H,1H3. The zero-order valence-electron chi connectivity index (χ0n) is 30.8. The van der Waals surface area contributed by atoms with Gasteiger partial charge in [-0.3, -0.25) is 0 Å². The van der Waals surface area contributed by atoms with Crippen molar-refractivity contribution < 1.29 is 4.42 Å². The number of anilines is 6. The van der Waals surface area contributed by atoms with E-state index in [2.05, 4.69) is 185 Å². The fourth-order valence-electron chi connectivity index (χ4n) is 10.4. The number of para-hydroxylation sites is 3. The number of fused-ring (bicyclic) bond motifs is 14. The molecule has 0 spiro atoms. The lowest BCUT2D eigenvalue weighted by Gasteiger charge is -2.44. The van der Waals surface area contributed by atoms with Crippen LogP contribution in [-0.4, -0.2) is 11.3 Å². The van der Waals surface area contributed by atoms with Gasteiger partial charge in [-0.25, -0.2) is 0 Å². The highest BCUT2D eigenvalue weighted by molar-refractivity contribution is 7.25. The average molecular weight is 744 g/mol. The van der Waals surface area contributed by atoms with Gasteiger partial charge >= 0.3 is 0 Å². The normalized spacial score (nSPS) is 13.6. The lowest BCUT2D eigenvalue weighted by atomic mass is 9.35. The molecule has 57 heavy (non-hydrogen) atoms. The van der Waals surface area contributed by atoms with Crippen molar-refractivity contribution in [3.63, 3.8) is 0 Å². The van der Waals surface area contributed by atoms with Crippen LogP contribution >= 0.6 is 11.3 Å². The number of nitrogens with zero attached hydrogens (tertiary/aromatic N) is 3. The summed E-state index contributed by atoms with van der Waals surface area (Å²) in [6.45, 7) is 2.13. The van der Waals surface area contributed by atoms with Gasteiger partial charge in [0.05, 0.1) is 39.4 Å². The highest BCUT2D eigenvalue weighted by Crippen LogP contribution is 2.53. The summed E-state index contributed by atoms with van der Waals surface area (Å²) in [4.78, 5) is 5.07. The minimum absolute atomic E-state index is 0.117. The molecule has 6 heterocycles. The SMILES string of the molecule is Cc1cc2c3c(c1)N1c4c(cccc4-n4c5ccccc5c5cccc1c54)B3c1oc3ccc(-c4ccccc4)cc3c1N2c1ccc2sc3ccccc3c2c1. The number of furan rings is 1. The minimum atomic E-state index is -0.117. The minimum Gasteiger partial charge on any atom is -0.468 e. The Morgan fingerprint density at radius 2 is 1.26 bits per heavy atom. The molecule has 6 heteroatoms. The second-order valence-electron chi connectivity index (χ2n) is 15.7. The topological polar surface area (TPSA) is 24.6 Å². The largest absolute Gasteiger partial charge is 0.468 e. The van der Waals surface area contributed by atoms with E-state index >= 15 is 0 Å². The number of thiophene rings is 1. The van der Waals surface area contributed by atoms with Crippen LogP contribution in [0.25, 0.3) is 69.8 Å². The van der Waals surface area contributed by atoms with Gasteiger partial charge in [0.15, 0.2) is 0 Å². The van der Waals surface area contributed by atoms with E-state index < -0.39 is 0 Å². The van der Waals surface area contributed by atoms with Crippen LogP contribution in [0.5, 0.6) is 0 Å².